The molecule has 0 aliphatic carbocycles. The Bertz CT molecular complexity index is 1410. The summed E-state index contributed by atoms with van der Waals surface area (Å²) in [6.45, 7) is 3.22. The summed E-state index contributed by atoms with van der Waals surface area (Å²) >= 11 is 0. The number of fused-ring (bicyclic) bond motifs is 1. The molecule has 0 spiro atoms. The number of methoxy groups -OCH3 is 1. The number of carbonyl (C=O) groups excluding carboxylic acids is 1. The minimum Gasteiger partial charge on any atom is -0.495 e. The van der Waals surface area contributed by atoms with Crippen LogP contribution < -0.4 is 15.4 Å². The minimum absolute atomic E-state index is 0.0505. The largest absolute Gasteiger partial charge is 0.495 e. The number of carbonyl (C=O) groups is 1. The number of halogens is 2. The van der Waals surface area contributed by atoms with Crippen LogP contribution in [0.5, 0.6) is 5.75 Å². The highest BCUT2D eigenvalue weighted by molar-refractivity contribution is 7.90. The second kappa shape index (κ2) is 10.9. The molecule has 4 rings (SSSR count). The van der Waals surface area contributed by atoms with E-state index in [4.69, 9.17) is 4.74 Å². The fourth-order valence-corrected chi connectivity index (χ4v) is 5.81. The fraction of sp³-hybridized carbons (Fsp3) is 0.296. The third-order valence-corrected chi connectivity index (χ3v) is 8.08. The van der Waals surface area contributed by atoms with E-state index in [1.165, 1.54) is 49.4 Å². The van der Waals surface area contributed by atoms with Crippen LogP contribution in [0.3, 0.4) is 0 Å². The first kappa shape index (κ1) is 26.6. The van der Waals surface area contributed by atoms with E-state index >= 15 is 0 Å². The molecule has 1 atom stereocenters. The fourth-order valence-electron chi connectivity index (χ4n) is 4.46. The van der Waals surface area contributed by atoms with Crippen molar-refractivity contribution in [1.82, 2.24) is 10.2 Å². The van der Waals surface area contributed by atoms with E-state index in [1.807, 2.05) is 18.2 Å². The van der Waals surface area contributed by atoms with Gasteiger partial charge in [-0.1, -0.05) is 24.3 Å². The lowest BCUT2D eigenvalue weighted by Gasteiger charge is -2.25. The molecule has 37 heavy (non-hydrogen) atoms. The molecule has 7 nitrogen and oxygen atoms in total. The quantitative estimate of drug-likeness (QED) is 0.458. The summed E-state index contributed by atoms with van der Waals surface area (Å²) in [5.41, 5.74) is 3.02. The lowest BCUT2D eigenvalue weighted by Crippen LogP contribution is -2.32. The Labute approximate surface area is 215 Å². The first-order chi connectivity index (χ1) is 17.6. The summed E-state index contributed by atoms with van der Waals surface area (Å²) < 4.78 is 59.7. The number of likely N-dealkylation sites (N-methyl/N-ethyl adjacent to an activating group) is 1. The normalized spacial score (nSPS) is 14.5. The van der Waals surface area contributed by atoms with Gasteiger partial charge in [-0.3, -0.25) is 0 Å². The highest BCUT2D eigenvalue weighted by Crippen LogP contribution is 2.30. The highest BCUT2D eigenvalue weighted by atomic mass is 32.2. The zero-order chi connectivity index (χ0) is 26.7. The molecule has 0 saturated carbocycles. The number of nitrogens with one attached hydrogen (secondary N) is 2. The van der Waals surface area contributed by atoms with Gasteiger partial charge < -0.3 is 20.3 Å². The van der Waals surface area contributed by atoms with Crippen molar-refractivity contribution in [1.29, 1.82) is 0 Å². The molecule has 0 bridgehead atoms. The lowest BCUT2D eigenvalue weighted by molar-refractivity contribution is 0.248. The first-order valence-electron chi connectivity index (χ1n) is 11.8. The van der Waals surface area contributed by atoms with Gasteiger partial charge in [0.2, 0.25) is 0 Å². The van der Waals surface area contributed by atoms with Crippen LogP contribution in [0.2, 0.25) is 0 Å². The van der Waals surface area contributed by atoms with Crippen LogP contribution >= 0.6 is 0 Å². The Kier molecular flexibility index (Phi) is 7.79. The van der Waals surface area contributed by atoms with Crippen molar-refractivity contribution in [2.75, 3.05) is 26.0 Å². The van der Waals surface area contributed by atoms with E-state index in [0.29, 0.717) is 5.56 Å². The zero-order valence-corrected chi connectivity index (χ0v) is 21.7. The van der Waals surface area contributed by atoms with E-state index in [9.17, 15) is 22.0 Å². The molecule has 1 heterocycles. The van der Waals surface area contributed by atoms with Gasteiger partial charge >= 0.3 is 6.03 Å². The number of rotatable bonds is 7. The van der Waals surface area contributed by atoms with Gasteiger partial charge in [-0.2, -0.15) is 0 Å². The van der Waals surface area contributed by atoms with Crippen molar-refractivity contribution in [3.63, 3.8) is 0 Å². The Morgan fingerprint density at radius 2 is 1.81 bits per heavy atom. The number of sulfone groups is 1. The Hall–Kier alpha value is -3.50. The Balaban J connectivity index is 1.47. The second-order valence-electron chi connectivity index (χ2n) is 9.17. The van der Waals surface area contributed by atoms with Crippen LogP contribution in [-0.4, -0.2) is 40.1 Å². The number of nitrogens with zero attached hydrogens (tertiary/aromatic N) is 1. The van der Waals surface area contributed by atoms with E-state index in [2.05, 4.69) is 22.6 Å². The molecular formula is C27H29F2N3O4S. The standard InChI is InChI=1S/C27H29F2N3O4S/c1-17(26-22(28)5-4-6-23(26)29)30-27(33)31-24-10-9-21(14-25(24)36-3)37(34,35)16-18-7-8-20-15-32(2)12-11-19(20)13-18/h4-10,13-14,17H,11-12,15-16H2,1-3H3,(H2,30,31,33). The third-order valence-electron chi connectivity index (χ3n) is 6.39. The van der Waals surface area contributed by atoms with Crippen LogP contribution in [0.15, 0.2) is 59.5 Å². The first-order valence-corrected chi connectivity index (χ1v) is 13.4. The summed E-state index contributed by atoms with van der Waals surface area (Å²) in [6.07, 6.45) is 0.873. The number of hydrogen-bond acceptors (Lipinski definition) is 5. The second-order valence-corrected chi connectivity index (χ2v) is 11.2. The van der Waals surface area contributed by atoms with E-state index in [-0.39, 0.29) is 27.6 Å². The average molecular weight is 530 g/mol. The van der Waals surface area contributed by atoms with Gasteiger partial charge in [0.25, 0.3) is 0 Å². The van der Waals surface area contributed by atoms with Crippen molar-refractivity contribution in [3.05, 3.63) is 88.5 Å². The molecule has 3 aromatic carbocycles. The van der Waals surface area contributed by atoms with Gasteiger partial charge in [0.15, 0.2) is 9.84 Å². The summed E-state index contributed by atoms with van der Waals surface area (Å²) in [5.74, 6) is -1.58. The summed E-state index contributed by atoms with van der Waals surface area (Å²) in [6, 6.07) is 11.7. The molecule has 1 aliphatic rings. The van der Waals surface area contributed by atoms with Gasteiger partial charge in [-0.15, -0.1) is 0 Å². The van der Waals surface area contributed by atoms with Crippen LogP contribution in [0.25, 0.3) is 0 Å². The van der Waals surface area contributed by atoms with E-state index < -0.39 is 33.5 Å². The average Bonchev–Trinajstić information content (AvgIpc) is 2.84. The molecule has 0 radical (unpaired) electrons. The monoisotopic (exact) mass is 529 g/mol. The van der Waals surface area contributed by atoms with Crippen LogP contribution in [0.4, 0.5) is 19.3 Å². The molecule has 2 N–H and O–H groups in total. The number of benzene rings is 3. The molecule has 3 aromatic rings. The Morgan fingerprint density at radius 1 is 1.08 bits per heavy atom. The molecule has 196 valence electrons. The van der Waals surface area contributed by atoms with Gasteiger partial charge in [0.05, 0.1) is 29.5 Å². The number of anilines is 1. The number of hydrogen-bond donors (Lipinski definition) is 2. The van der Waals surface area contributed by atoms with Crippen molar-refractivity contribution in [2.45, 2.75) is 36.6 Å². The molecule has 0 fully saturated rings. The predicted molar refractivity (Wildman–Crippen MR) is 137 cm³/mol. The summed E-state index contributed by atoms with van der Waals surface area (Å²) in [5, 5.41) is 5.02. The van der Waals surface area contributed by atoms with E-state index in [1.54, 1.807) is 0 Å². The maximum Gasteiger partial charge on any atom is 0.319 e. The molecular weight excluding hydrogens is 500 g/mol. The summed E-state index contributed by atoms with van der Waals surface area (Å²) in [7, 11) is -0.285. The highest BCUT2D eigenvalue weighted by Gasteiger charge is 2.22. The molecule has 1 aliphatic heterocycles. The van der Waals surface area contributed by atoms with Crippen molar-refractivity contribution in [2.24, 2.45) is 0 Å². The lowest BCUT2D eigenvalue weighted by atomic mass is 9.98. The Morgan fingerprint density at radius 3 is 2.51 bits per heavy atom. The predicted octanol–water partition coefficient (Wildman–Crippen LogP) is 4.82. The van der Waals surface area contributed by atoms with Crippen molar-refractivity contribution in [3.8, 4) is 5.75 Å². The SMILES string of the molecule is COc1cc(S(=O)(=O)Cc2ccc3c(c2)CCN(C)C3)ccc1NC(=O)NC(C)c1c(F)cccc1F. The number of amides is 2. The van der Waals surface area contributed by atoms with Crippen LogP contribution in [0.1, 0.15) is 35.2 Å². The van der Waals surface area contributed by atoms with Crippen molar-refractivity contribution >= 4 is 21.6 Å². The molecule has 0 aromatic heterocycles. The molecule has 1 unspecified atom stereocenters. The van der Waals surface area contributed by atoms with Crippen LogP contribution in [0, 0.1) is 11.6 Å². The maximum atomic E-state index is 14.0. The molecule has 0 saturated heterocycles. The number of ether oxygens (including phenoxy) is 1. The summed E-state index contributed by atoms with van der Waals surface area (Å²) in [4.78, 5) is 14.8. The maximum absolute atomic E-state index is 14.0. The molecule has 2 amide bonds. The molecule has 10 heteroatoms. The van der Waals surface area contributed by atoms with Gasteiger partial charge in [0, 0.05) is 24.7 Å². The minimum atomic E-state index is -3.70. The van der Waals surface area contributed by atoms with E-state index in [0.717, 1.165) is 31.6 Å². The van der Waals surface area contributed by atoms with Crippen molar-refractivity contribution < 1.29 is 26.7 Å². The van der Waals surface area contributed by atoms with Gasteiger partial charge in [-0.05, 0) is 61.3 Å². The van der Waals surface area contributed by atoms with Gasteiger partial charge in [-0.25, -0.2) is 22.0 Å². The topological polar surface area (TPSA) is 87.7 Å². The van der Waals surface area contributed by atoms with Crippen LogP contribution in [-0.2, 0) is 28.6 Å². The third kappa shape index (κ3) is 6.08. The number of urea groups is 1. The van der Waals surface area contributed by atoms with Gasteiger partial charge in [0.1, 0.15) is 17.4 Å². The smallest absolute Gasteiger partial charge is 0.319 e. The zero-order valence-electron chi connectivity index (χ0n) is 20.8.